The minimum absolute atomic E-state index is 0.281. The van der Waals surface area contributed by atoms with Crippen LogP contribution in [-0.2, 0) is 4.79 Å². The van der Waals surface area contributed by atoms with Crippen LogP contribution in [0, 0.1) is 0 Å². The van der Waals surface area contributed by atoms with Crippen molar-refractivity contribution in [3.63, 3.8) is 0 Å². The highest BCUT2D eigenvalue weighted by Crippen LogP contribution is 2.08. The van der Waals surface area contributed by atoms with E-state index in [9.17, 15) is 9.59 Å². The second-order valence-electron chi connectivity index (χ2n) is 3.19. The van der Waals surface area contributed by atoms with Gasteiger partial charge in [0.15, 0.2) is 0 Å². The van der Waals surface area contributed by atoms with E-state index < -0.39 is 11.7 Å². The fourth-order valence-electron chi connectivity index (χ4n) is 1.33. The Kier molecular flexibility index (Phi) is 2.51. The number of rotatable bonds is 3. The summed E-state index contributed by atoms with van der Waals surface area (Å²) in [4.78, 5) is 21.9. The van der Waals surface area contributed by atoms with Gasteiger partial charge < -0.3 is 5.73 Å². The summed E-state index contributed by atoms with van der Waals surface area (Å²) in [5, 5.41) is 4.04. The van der Waals surface area contributed by atoms with Crippen LogP contribution in [0.15, 0.2) is 42.7 Å². The van der Waals surface area contributed by atoms with E-state index in [0.717, 1.165) is 5.69 Å². The molecule has 1 amide bonds. The molecule has 0 radical (unpaired) electrons. The first kappa shape index (κ1) is 10.1. The lowest BCUT2D eigenvalue weighted by Gasteiger charge is -2.01. The van der Waals surface area contributed by atoms with Gasteiger partial charge in [0.05, 0.1) is 5.69 Å². The van der Waals surface area contributed by atoms with Gasteiger partial charge in [-0.15, -0.1) is 0 Å². The summed E-state index contributed by atoms with van der Waals surface area (Å²) in [6.45, 7) is 0. The van der Waals surface area contributed by atoms with E-state index in [-0.39, 0.29) is 5.56 Å². The van der Waals surface area contributed by atoms with Crippen LogP contribution in [0.3, 0.4) is 0 Å². The van der Waals surface area contributed by atoms with Gasteiger partial charge in [0.2, 0.25) is 5.78 Å². The van der Waals surface area contributed by atoms with Crippen molar-refractivity contribution >= 4 is 11.7 Å². The van der Waals surface area contributed by atoms with E-state index in [2.05, 4.69) is 5.10 Å². The van der Waals surface area contributed by atoms with E-state index in [0.29, 0.717) is 0 Å². The molecule has 0 spiro atoms. The molecule has 0 aliphatic rings. The third-order valence-corrected chi connectivity index (χ3v) is 2.12. The Morgan fingerprint density at radius 3 is 2.38 bits per heavy atom. The molecule has 2 aromatic rings. The summed E-state index contributed by atoms with van der Waals surface area (Å²) >= 11 is 0. The fraction of sp³-hybridized carbons (Fsp3) is 0. The number of Topliss-reactive ketones (excluding diaryl/α,β-unsaturated/α-hetero) is 1. The van der Waals surface area contributed by atoms with Gasteiger partial charge in [0, 0.05) is 18.0 Å². The second kappa shape index (κ2) is 3.98. The van der Waals surface area contributed by atoms with Crippen LogP contribution in [0.25, 0.3) is 5.69 Å². The van der Waals surface area contributed by atoms with Crippen molar-refractivity contribution in [1.82, 2.24) is 9.78 Å². The maximum atomic E-state index is 11.2. The zero-order chi connectivity index (χ0) is 11.5. The quantitative estimate of drug-likeness (QED) is 0.599. The lowest BCUT2D eigenvalue weighted by molar-refractivity contribution is -0.114. The molecule has 0 aliphatic carbocycles. The number of nitrogens with zero attached hydrogens (tertiary/aromatic N) is 2. The second-order valence-corrected chi connectivity index (χ2v) is 3.19. The Bertz CT molecular complexity index is 515. The number of amides is 1. The first-order valence-electron chi connectivity index (χ1n) is 4.62. The van der Waals surface area contributed by atoms with Crippen LogP contribution in [0.4, 0.5) is 0 Å². The summed E-state index contributed by atoms with van der Waals surface area (Å²) in [5.41, 5.74) is 5.99. The summed E-state index contributed by atoms with van der Waals surface area (Å²) in [5.74, 6) is -1.64. The zero-order valence-corrected chi connectivity index (χ0v) is 8.33. The van der Waals surface area contributed by atoms with Gasteiger partial charge in [-0.2, -0.15) is 5.10 Å². The average molecular weight is 215 g/mol. The molecule has 2 rings (SSSR count). The molecule has 2 N–H and O–H groups in total. The number of benzene rings is 1. The van der Waals surface area contributed by atoms with Crippen molar-refractivity contribution in [2.75, 3.05) is 0 Å². The number of hydrogen-bond donors (Lipinski definition) is 1. The van der Waals surface area contributed by atoms with Crippen molar-refractivity contribution in [1.29, 1.82) is 0 Å². The Balaban J connectivity index is 2.30. The highest BCUT2D eigenvalue weighted by atomic mass is 16.2. The lowest BCUT2D eigenvalue weighted by atomic mass is 10.1. The number of nitrogens with two attached hydrogens (primary N) is 1. The Hall–Kier alpha value is -2.43. The number of primary amides is 1. The molecule has 1 aromatic carbocycles. The van der Waals surface area contributed by atoms with Crippen molar-refractivity contribution in [3.8, 4) is 5.69 Å². The molecule has 1 heterocycles. The molecule has 16 heavy (non-hydrogen) atoms. The van der Waals surface area contributed by atoms with E-state index >= 15 is 0 Å². The normalized spacial score (nSPS) is 10.0. The summed E-state index contributed by atoms with van der Waals surface area (Å²) in [6, 6.07) is 8.28. The zero-order valence-electron chi connectivity index (χ0n) is 8.33. The average Bonchev–Trinajstić information content (AvgIpc) is 2.81. The first-order valence-corrected chi connectivity index (χ1v) is 4.62. The van der Waals surface area contributed by atoms with Crippen LogP contribution in [0.5, 0.6) is 0 Å². The topological polar surface area (TPSA) is 78.0 Å². The minimum atomic E-state index is -0.952. The lowest BCUT2D eigenvalue weighted by Crippen LogP contribution is -2.22. The Morgan fingerprint density at radius 2 is 1.88 bits per heavy atom. The minimum Gasteiger partial charge on any atom is -0.363 e. The summed E-state index contributed by atoms with van der Waals surface area (Å²) < 4.78 is 1.65. The smallest absolute Gasteiger partial charge is 0.289 e. The molecule has 0 bridgehead atoms. The van der Waals surface area contributed by atoms with E-state index in [1.54, 1.807) is 47.4 Å². The fourth-order valence-corrected chi connectivity index (χ4v) is 1.33. The largest absolute Gasteiger partial charge is 0.363 e. The molecule has 0 unspecified atom stereocenters. The van der Waals surface area contributed by atoms with Crippen molar-refractivity contribution < 1.29 is 9.59 Å². The van der Waals surface area contributed by atoms with Gasteiger partial charge in [-0.05, 0) is 30.3 Å². The molecule has 0 saturated heterocycles. The predicted molar refractivity (Wildman–Crippen MR) is 57.1 cm³/mol. The van der Waals surface area contributed by atoms with Gasteiger partial charge in [-0.3, -0.25) is 9.59 Å². The first-order chi connectivity index (χ1) is 7.68. The van der Waals surface area contributed by atoms with Gasteiger partial charge in [0.25, 0.3) is 5.91 Å². The predicted octanol–water partition coefficient (Wildman–Crippen LogP) is 0.540. The maximum absolute atomic E-state index is 11.2. The third kappa shape index (κ3) is 1.83. The third-order valence-electron chi connectivity index (χ3n) is 2.12. The summed E-state index contributed by atoms with van der Waals surface area (Å²) in [7, 11) is 0. The number of ketones is 1. The number of aromatic nitrogens is 2. The summed E-state index contributed by atoms with van der Waals surface area (Å²) in [6.07, 6.45) is 3.44. The molecule has 0 atom stereocenters. The number of carbonyl (C=O) groups is 2. The molecule has 1 aromatic heterocycles. The standard InChI is InChI=1S/C11H9N3O2/c12-11(16)10(15)8-2-4-9(5-3-8)14-7-1-6-13-14/h1-7H,(H2,12,16). The van der Waals surface area contributed by atoms with Gasteiger partial charge in [-0.25, -0.2) is 4.68 Å². The molecule has 5 nitrogen and oxygen atoms in total. The van der Waals surface area contributed by atoms with Gasteiger partial charge in [-0.1, -0.05) is 0 Å². The molecular formula is C11H9N3O2. The monoisotopic (exact) mass is 215 g/mol. The number of hydrogen-bond acceptors (Lipinski definition) is 3. The van der Waals surface area contributed by atoms with Gasteiger partial charge >= 0.3 is 0 Å². The SMILES string of the molecule is NC(=O)C(=O)c1ccc(-n2cccn2)cc1. The van der Waals surface area contributed by atoms with Crippen LogP contribution < -0.4 is 5.73 Å². The van der Waals surface area contributed by atoms with Crippen LogP contribution in [0.1, 0.15) is 10.4 Å². The molecule has 0 saturated carbocycles. The Morgan fingerprint density at radius 1 is 1.19 bits per heavy atom. The van der Waals surface area contributed by atoms with Gasteiger partial charge in [0.1, 0.15) is 0 Å². The Labute approximate surface area is 91.5 Å². The molecule has 5 heteroatoms. The van der Waals surface area contributed by atoms with E-state index in [1.807, 2.05) is 0 Å². The van der Waals surface area contributed by atoms with E-state index in [1.165, 1.54) is 0 Å². The van der Waals surface area contributed by atoms with Crippen molar-refractivity contribution in [2.45, 2.75) is 0 Å². The molecule has 80 valence electrons. The molecule has 0 fully saturated rings. The molecular weight excluding hydrogens is 206 g/mol. The van der Waals surface area contributed by atoms with Crippen LogP contribution >= 0.6 is 0 Å². The maximum Gasteiger partial charge on any atom is 0.289 e. The van der Waals surface area contributed by atoms with Crippen molar-refractivity contribution in [2.24, 2.45) is 5.73 Å². The highest BCUT2D eigenvalue weighted by molar-refractivity contribution is 6.42. The highest BCUT2D eigenvalue weighted by Gasteiger charge is 2.11. The van der Waals surface area contributed by atoms with Crippen molar-refractivity contribution in [3.05, 3.63) is 48.3 Å². The van der Waals surface area contributed by atoms with E-state index in [4.69, 9.17) is 5.73 Å². The molecule has 0 aliphatic heterocycles. The van der Waals surface area contributed by atoms with Crippen LogP contribution in [-0.4, -0.2) is 21.5 Å². The number of carbonyl (C=O) groups excluding carboxylic acids is 2. The van der Waals surface area contributed by atoms with Crippen LogP contribution in [0.2, 0.25) is 0 Å².